The number of phosphoric acid groups is 1. The van der Waals surface area contributed by atoms with Gasteiger partial charge >= 0.3 is 19.8 Å². The summed E-state index contributed by atoms with van der Waals surface area (Å²) in [5, 5.41) is 50.2. The summed E-state index contributed by atoms with van der Waals surface area (Å²) in [5.41, 5.74) is 0. The molecule has 5 unspecified atom stereocenters. The van der Waals surface area contributed by atoms with Crippen LogP contribution in [0.15, 0.2) is 36.5 Å². The molecule has 360 valence electrons. The number of rotatable bonds is 38. The summed E-state index contributed by atoms with van der Waals surface area (Å²) in [5.74, 6) is -1.17. The summed E-state index contributed by atoms with van der Waals surface area (Å²) >= 11 is 0. The first-order valence-corrected chi connectivity index (χ1v) is 25.4. The normalized spacial score (nSPS) is 25.4. The van der Waals surface area contributed by atoms with Crippen LogP contribution in [0.3, 0.4) is 0 Å². The molecule has 2 aliphatic rings. The summed E-state index contributed by atoms with van der Waals surface area (Å²) in [6.07, 6.45) is 26.5. The Kier molecular flexibility index (Phi) is 31.1. The lowest BCUT2D eigenvalue weighted by Gasteiger charge is -2.41. The van der Waals surface area contributed by atoms with E-state index in [2.05, 4.69) is 38.2 Å². The molecule has 1 heterocycles. The number of hydrogen-bond acceptors (Lipinski definition) is 13. The fourth-order valence-electron chi connectivity index (χ4n) is 7.38. The second-order valence-electron chi connectivity index (χ2n) is 17.0. The maximum absolute atomic E-state index is 12.8. The van der Waals surface area contributed by atoms with Crippen molar-refractivity contribution >= 4 is 19.8 Å². The van der Waals surface area contributed by atoms with Crippen LogP contribution < -0.4 is 0 Å². The van der Waals surface area contributed by atoms with E-state index in [1.165, 1.54) is 89.9 Å². The van der Waals surface area contributed by atoms with Crippen molar-refractivity contribution in [1.82, 2.24) is 0 Å². The quantitative estimate of drug-likeness (QED) is 0.0113. The van der Waals surface area contributed by atoms with Gasteiger partial charge in [0.25, 0.3) is 0 Å². The Morgan fingerprint density at radius 1 is 0.565 bits per heavy atom. The van der Waals surface area contributed by atoms with E-state index < -0.39 is 75.7 Å². The molecule has 1 saturated heterocycles. The average molecular weight is 903 g/mol. The standard InChI is InChI=1S/C47H83O14P/c1-3-5-7-9-11-13-14-15-16-17-18-20-22-24-29-33-40(48)57-35-37(36-58-62(55,56)61-47-45(53)43(51)42(50)44(52)46(47)54)59-41(49)34-30-26-25-28-32-39-38(60-39)31-27-23-21-19-12-10-8-6-4-2/h12,19,23,25,27-28,37-39,42-47,50-54H,3-11,13-18,20-22,24,26,29-36H2,1-2H3,(H,55,56)/b19-12-,27-23-,28-25-/t37-,38?,39?,42?,43-,44+,45-,46-,47?/m1/s1. The Balaban J connectivity index is 1.73. The molecule has 2 fully saturated rings. The zero-order valence-electron chi connectivity index (χ0n) is 37.9. The summed E-state index contributed by atoms with van der Waals surface area (Å²) in [6, 6.07) is 0. The van der Waals surface area contributed by atoms with Gasteiger partial charge in [-0.15, -0.1) is 0 Å². The molecule has 2 rings (SSSR count). The number of aliphatic hydroxyl groups excluding tert-OH is 5. The Labute approximate surface area is 372 Å². The fourth-order valence-corrected chi connectivity index (χ4v) is 8.35. The lowest BCUT2D eigenvalue weighted by molar-refractivity contribution is -0.220. The third-order valence-corrected chi connectivity index (χ3v) is 12.4. The van der Waals surface area contributed by atoms with E-state index in [9.17, 15) is 44.6 Å². The number of epoxide rings is 1. The first-order valence-electron chi connectivity index (χ1n) is 23.9. The fraction of sp³-hybridized carbons (Fsp3) is 0.830. The Morgan fingerprint density at radius 2 is 1.02 bits per heavy atom. The van der Waals surface area contributed by atoms with E-state index >= 15 is 0 Å². The maximum atomic E-state index is 12.8. The monoisotopic (exact) mass is 903 g/mol. The molecule has 0 aromatic carbocycles. The highest BCUT2D eigenvalue weighted by Crippen LogP contribution is 2.47. The van der Waals surface area contributed by atoms with Crippen LogP contribution in [-0.4, -0.2) is 111 Å². The molecule has 14 nitrogen and oxygen atoms in total. The highest BCUT2D eigenvalue weighted by molar-refractivity contribution is 7.47. The number of phosphoric ester groups is 1. The Morgan fingerprint density at radius 3 is 1.60 bits per heavy atom. The number of carbonyl (C=O) groups is 2. The number of esters is 2. The molecule has 0 radical (unpaired) electrons. The molecule has 0 spiro atoms. The number of carbonyl (C=O) groups excluding carboxylic acids is 2. The van der Waals surface area contributed by atoms with E-state index in [0.717, 1.165) is 44.9 Å². The number of ether oxygens (including phenoxy) is 3. The van der Waals surface area contributed by atoms with Crippen LogP contribution >= 0.6 is 7.82 Å². The molecule has 15 heteroatoms. The molecule has 1 saturated carbocycles. The average Bonchev–Trinajstić information content (AvgIpc) is 4.01. The lowest BCUT2D eigenvalue weighted by Crippen LogP contribution is -2.64. The molecule has 1 aliphatic heterocycles. The van der Waals surface area contributed by atoms with Gasteiger partial charge in [0, 0.05) is 12.8 Å². The molecular formula is C47H83O14P. The summed E-state index contributed by atoms with van der Waals surface area (Å²) < 4.78 is 39.3. The third-order valence-electron chi connectivity index (χ3n) is 11.4. The van der Waals surface area contributed by atoms with Gasteiger partial charge in [0.1, 0.15) is 43.2 Å². The first-order chi connectivity index (χ1) is 29.9. The molecule has 6 N–H and O–H groups in total. The summed E-state index contributed by atoms with van der Waals surface area (Å²) in [6.45, 7) is 3.22. The van der Waals surface area contributed by atoms with Crippen LogP contribution in [0.5, 0.6) is 0 Å². The predicted molar refractivity (Wildman–Crippen MR) is 239 cm³/mol. The number of hydrogen-bond donors (Lipinski definition) is 6. The van der Waals surface area contributed by atoms with Crippen LogP contribution in [0, 0.1) is 0 Å². The lowest BCUT2D eigenvalue weighted by atomic mass is 9.85. The highest BCUT2D eigenvalue weighted by Gasteiger charge is 2.51. The van der Waals surface area contributed by atoms with Gasteiger partial charge in [-0.3, -0.25) is 18.6 Å². The van der Waals surface area contributed by atoms with E-state index in [0.29, 0.717) is 19.3 Å². The molecule has 0 aromatic heterocycles. The van der Waals surface area contributed by atoms with Crippen molar-refractivity contribution in [2.24, 2.45) is 0 Å². The molecule has 0 bridgehead atoms. The second-order valence-corrected chi connectivity index (χ2v) is 18.4. The van der Waals surface area contributed by atoms with Crippen molar-refractivity contribution < 1.29 is 67.8 Å². The zero-order chi connectivity index (χ0) is 45.4. The van der Waals surface area contributed by atoms with E-state index in [1.807, 2.05) is 12.2 Å². The van der Waals surface area contributed by atoms with Gasteiger partial charge in [-0.1, -0.05) is 153 Å². The molecule has 0 aromatic rings. The maximum Gasteiger partial charge on any atom is 0.472 e. The SMILES string of the molecule is CCCCC/C=C\C/C=C\CC1OC1C/C=C\CCCC(=O)O[C@H](COC(=O)CCCCCCCCCCCCCCCCC)COP(=O)(O)OC1[C@H](O)[C@H](O)C(O)[C@H](O)[C@H]1O. The minimum absolute atomic E-state index is 0.0140. The van der Waals surface area contributed by atoms with Gasteiger partial charge in [0.15, 0.2) is 6.10 Å². The van der Waals surface area contributed by atoms with Gasteiger partial charge in [-0.25, -0.2) is 4.57 Å². The molecule has 0 amide bonds. The molecule has 10 atom stereocenters. The molecule has 62 heavy (non-hydrogen) atoms. The second kappa shape index (κ2) is 34.4. The third kappa shape index (κ3) is 26.1. The van der Waals surface area contributed by atoms with Crippen molar-refractivity contribution in [1.29, 1.82) is 0 Å². The van der Waals surface area contributed by atoms with E-state index in [-0.39, 0.29) is 25.0 Å². The topological polar surface area (TPSA) is 222 Å². The van der Waals surface area contributed by atoms with Crippen LogP contribution in [0.25, 0.3) is 0 Å². The van der Waals surface area contributed by atoms with Gasteiger partial charge in [-0.05, 0) is 51.4 Å². The van der Waals surface area contributed by atoms with Crippen molar-refractivity contribution in [2.75, 3.05) is 13.2 Å². The predicted octanol–water partition coefficient (Wildman–Crippen LogP) is 8.38. The van der Waals surface area contributed by atoms with Crippen LogP contribution in [0.2, 0.25) is 0 Å². The van der Waals surface area contributed by atoms with Gasteiger partial charge < -0.3 is 44.6 Å². The van der Waals surface area contributed by atoms with Crippen molar-refractivity contribution in [3.05, 3.63) is 36.5 Å². The smallest absolute Gasteiger partial charge is 0.462 e. The largest absolute Gasteiger partial charge is 0.472 e. The van der Waals surface area contributed by atoms with Gasteiger partial charge in [0.2, 0.25) is 0 Å². The number of allylic oxidation sites excluding steroid dienone is 4. The van der Waals surface area contributed by atoms with Crippen LogP contribution in [0.4, 0.5) is 0 Å². The number of aliphatic hydroxyl groups is 5. The first kappa shape index (κ1) is 56.2. The number of unbranched alkanes of at least 4 members (excludes halogenated alkanes) is 18. The Hall–Kier alpha value is -1.97. The van der Waals surface area contributed by atoms with Crippen LogP contribution in [-0.2, 0) is 37.4 Å². The minimum Gasteiger partial charge on any atom is -0.462 e. The van der Waals surface area contributed by atoms with Gasteiger partial charge in [0.05, 0.1) is 18.8 Å². The molecular weight excluding hydrogens is 819 g/mol. The highest BCUT2D eigenvalue weighted by atomic mass is 31.2. The zero-order valence-corrected chi connectivity index (χ0v) is 38.8. The minimum atomic E-state index is -5.14. The summed E-state index contributed by atoms with van der Waals surface area (Å²) in [4.78, 5) is 35.8. The van der Waals surface area contributed by atoms with Crippen molar-refractivity contribution in [2.45, 2.75) is 236 Å². The van der Waals surface area contributed by atoms with Crippen molar-refractivity contribution in [3.8, 4) is 0 Å². The van der Waals surface area contributed by atoms with Crippen molar-refractivity contribution in [3.63, 3.8) is 0 Å². The van der Waals surface area contributed by atoms with E-state index in [4.69, 9.17) is 23.3 Å². The molecule has 1 aliphatic carbocycles. The van der Waals surface area contributed by atoms with E-state index in [1.54, 1.807) is 0 Å². The Bertz CT molecular complexity index is 1290. The van der Waals surface area contributed by atoms with Gasteiger partial charge in [-0.2, -0.15) is 0 Å². The van der Waals surface area contributed by atoms with Crippen LogP contribution in [0.1, 0.15) is 181 Å². The summed E-state index contributed by atoms with van der Waals surface area (Å²) in [7, 11) is -5.14.